The van der Waals surface area contributed by atoms with Gasteiger partial charge in [-0.3, -0.25) is 9.97 Å². The highest BCUT2D eigenvalue weighted by Crippen LogP contribution is 2.15. The largest absolute Gasteiger partial charge is 0.262 e. The molecule has 76 heavy (non-hydrogen) atoms. The molecule has 0 aliphatic rings. The van der Waals surface area contributed by atoms with E-state index in [1.807, 2.05) is 127 Å². The number of nitrogens with zero attached hydrogens (tertiary/aromatic N) is 21. The zero-order chi connectivity index (χ0) is 52.7. The number of benzene rings is 4. The minimum Gasteiger partial charge on any atom is -0.262 e. The average Bonchev–Trinajstić information content (AvgIpc) is 3.55. The van der Waals surface area contributed by atoms with Gasteiger partial charge in [0, 0.05) is 103 Å². The van der Waals surface area contributed by atoms with Gasteiger partial charge in [-0.05, 0) is 78.9 Å². The second kappa shape index (κ2) is 38.4. The summed E-state index contributed by atoms with van der Waals surface area (Å²) < 4.78 is 0. The SMILES string of the molecule is c1ccc2cnncc2c1.c1ccc2nc3ccccc3nc2c1.c1ccc2nnccc2c1.c1ccnnc1.c1ccnnc1.c1cnccn1.c1cncnc1.c1cncnc1.c1cncnc1.c1ncncn1. The zero-order valence-corrected chi connectivity index (χ0v) is 40.5. The van der Waals surface area contributed by atoms with E-state index < -0.39 is 0 Å². The second-order valence-electron chi connectivity index (χ2n) is 13.6. The van der Waals surface area contributed by atoms with Gasteiger partial charge in [0.15, 0.2) is 0 Å². The minimum absolute atomic E-state index is 0.949. The molecule has 10 heterocycles. The molecule has 0 N–H and O–H groups in total. The molecule has 0 radical (unpaired) electrons. The molecule has 0 bridgehead atoms. The summed E-state index contributed by atoms with van der Waals surface area (Å²) in [6.45, 7) is 0. The van der Waals surface area contributed by atoms with Crippen LogP contribution in [0.15, 0.2) is 289 Å². The summed E-state index contributed by atoms with van der Waals surface area (Å²) in [4.78, 5) is 49.2. The number of rotatable bonds is 0. The number of para-hydroxylation sites is 4. The van der Waals surface area contributed by atoms with Crippen molar-refractivity contribution in [3.8, 4) is 0 Å². The fourth-order valence-corrected chi connectivity index (χ4v) is 5.16. The smallest absolute Gasteiger partial charge is 0.119 e. The predicted molar refractivity (Wildman–Crippen MR) is 288 cm³/mol. The van der Waals surface area contributed by atoms with Crippen LogP contribution in [0.5, 0.6) is 0 Å². The third-order valence-corrected chi connectivity index (χ3v) is 8.40. The van der Waals surface area contributed by atoms with E-state index in [-0.39, 0.29) is 0 Å². The first-order chi connectivity index (χ1) is 37.9. The van der Waals surface area contributed by atoms with Crippen molar-refractivity contribution in [2.24, 2.45) is 0 Å². The first-order valence-corrected chi connectivity index (χ1v) is 22.6. The summed E-state index contributed by atoms with van der Waals surface area (Å²) in [7, 11) is 0. The lowest BCUT2D eigenvalue weighted by molar-refractivity contribution is 1.03. The normalized spacial score (nSPS) is 9.05. The molecule has 0 aliphatic heterocycles. The van der Waals surface area contributed by atoms with Crippen LogP contribution in [0, 0.1) is 0 Å². The topological polar surface area (TPSA) is 271 Å². The molecule has 0 fully saturated rings. The summed E-state index contributed by atoms with van der Waals surface area (Å²) in [5.41, 5.74) is 4.75. The molecule has 0 saturated carbocycles. The van der Waals surface area contributed by atoms with Gasteiger partial charge in [-0.1, -0.05) is 66.7 Å². The molecule has 0 aliphatic carbocycles. The number of fused-ring (bicyclic) bond motifs is 4. The molecule has 0 saturated heterocycles. The molecule has 0 amide bonds. The lowest BCUT2D eigenvalue weighted by Gasteiger charge is -1.98. The summed E-state index contributed by atoms with van der Waals surface area (Å²) >= 11 is 0. The molecule has 0 unspecified atom stereocenters. The van der Waals surface area contributed by atoms with Crippen LogP contribution < -0.4 is 0 Å². The lowest BCUT2D eigenvalue weighted by Crippen LogP contribution is -1.85. The van der Waals surface area contributed by atoms with Crippen LogP contribution in [-0.4, -0.2) is 106 Å². The van der Waals surface area contributed by atoms with Crippen LogP contribution in [0.25, 0.3) is 43.7 Å². The molecular formula is C55H47N21. The molecule has 10 aromatic heterocycles. The van der Waals surface area contributed by atoms with Gasteiger partial charge in [0.2, 0.25) is 0 Å². The van der Waals surface area contributed by atoms with Crippen molar-refractivity contribution < 1.29 is 0 Å². The van der Waals surface area contributed by atoms with Gasteiger partial charge in [0.1, 0.15) is 38.0 Å². The molecule has 21 heteroatoms. The van der Waals surface area contributed by atoms with Crippen molar-refractivity contribution in [3.63, 3.8) is 0 Å². The van der Waals surface area contributed by atoms with E-state index >= 15 is 0 Å². The summed E-state index contributed by atoms with van der Waals surface area (Å²) in [6.07, 6.45) is 37.3. The standard InChI is InChI=1S/C12H8N2.2C8H6N2.6C4H4N2.C3H3N3/c1-2-6-10-9(5-1)13-11-7-3-4-8-12(11)14-10;1-2-4-8-6-10-9-5-7(8)3-1;1-2-4-8-7(3-1)5-6-9-10-8;1-2-6-4-3-5-1;3*1-2-5-4-6-3-1;2*1-2-4-6-5-3-1;1-4-2-6-3-5-1/h1-8H;2*1-6H;6*1-4H;1-3H. The number of aromatic nitrogens is 21. The quantitative estimate of drug-likeness (QED) is 0.128. The highest BCUT2D eigenvalue weighted by molar-refractivity contribution is 5.86. The summed E-state index contributed by atoms with van der Waals surface area (Å²) in [6, 6.07) is 46.3. The van der Waals surface area contributed by atoms with Crippen molar-refractivity contribution in [1.29, 1.82) is 0 Å². The van der Waals surface area contributed by atoms with Gasteiger partial charge in [-0.25, -0.2) is 54.8 Å². The van der Waals surface area contributed by atoms with Crippen molar-refractivity contribution in [3.05, 3.63) is 289 Å². The van der Waals surface area contributed by atoms with Crippen molar-refractivity contribution in [2.45, 2.75) is 0 Å². The van der Waals surface area contributed by atoms with E-state index in [2.05, 4.69) is 106 Å². The van der Waals surface area contributed by atoms with Crippen molar-refractivity contribution in [2.75, 3.05) is 0 Å². The Balaban J connectivity index is 0.000000159. The van der Waals surface area contributed by atoms with Crippen LogP contribution in [0.1, 0.15) is 0 Å². The maximum absolute atomic E-state index is 4.52. The van der Waals surface area contributed by atoms with E-state index in [0.29, 0.717) is 0 Å². The highest BCUT2D eigenvalue weighted by atomic mass is 15.1. The molecular weight excluding hydrogens is 955 g/mol. The Hall–Kier alpha value is -11.4. The van der Waals surface area contributed by atoms with E-state index in [1.54, 1.807) is 124 Å². The minimum atomic E-state index is 0.949. The van der Waals surface area contributed by atoms with Crippen LogP contribution in [-0.2, 0) is 0 Å². The van der Waals surface area contributed by atoms with Crippen LogP contribution in [0.3, 0.4) is 0 Å². The molecule has 21 nitrogen and oxygen atoms in total. The number of hydrogen-bond donors (Lipinski definition) is 0. The summed E-state index contributed by atoms with van der Waals surface area (Å²) in [5.74, 6) is 0. The first kappa shape index (κ1) is 55.6. The Morgan fingerprint density at radius 3 is 0.763 bits per heavy atom. The molecule has 14 aromatic rings. The van der Waals surface area contributed by atoms with Crippen LogP contribution in [0.4, 0.5) is 0 Å². The van der Waals surface area contributed by atoms with Crippen LogP contribution in [0.2, 0.25) is 0 Å². The average molecular weight is 1000 g/mol. The highest BCUT2D eigenvalue weighted by Gasteiger charge is 1.98. The summed E-state index contributed by atoms with van der Waals surface area (Å²) in [5, 5.41) is 32.8. The Morgan fingerprint density at radius 1 is 0.184 bits per heavy atom. The Kier molecular flexibility index (Phi) is 28.1. The number of hydrogen-bond acceptors (Lipinski definition) is 21. The fourth-order valence-electron chi connectivity index (χ4n) is 5.16. The van der Waals surface area contributed by atoms with Gasteiger partial charge >= 0.3 is 0 Å². The van der Waals surface area contributed by atoms with Gasteiger partial charge in [-0.15, -0.1) is 0 Å². The predicted octanol–water partition coefficient (Wildman–Crippen LogP) is 8.77. The van der Waals surface area contributed by atoms with Gasteiger partial charge < -0.3 is 0 Å². The van der Waals surface area contributed by atoms with Crippen molar-refractivity contribution in [1.82, 2.24) is 106 Å². The molecule has 14 rings (SSSR count). The first-order valence-electron chi connectivity index (χ1n) is 22.6. The van der Waals surface area contributed by atoms with Gasteiger partial charge in [0.05, 0.1) is 46.2 Å². The molecule has 4 aromatic carbocycles. The Labute approximate surface area is 436 Å². The molecule has 0 spiro atoms. The van der Waals surface area contributed by atoms with Gasteiger partial charge in [-0.2, -0.15) is 40.8 Å². The van der Waals surface area contributed by atoms with Gasteiger partial charge in [0.25, 0.3) is 0 Å². The molecule has 0 atom stereocenters. The zero-order valence-electron chi connectivity index (χ0n) is 40.5. The van der Waals surface area contributed by atoms with Crippen molar-refractivity contribution >= 4 is 43.7 Å². The third-order valence-electron chi connectivity index (χ3n) is 8.40. The van der Waals surface area contributed by atoms with E-state index in [4.69, 9.17) is 0 Å². The lowest BCUT2D eigenvalue weighted by atomic mass is 10.2. The maximum atomic E-state index is 4.52. The van der Waals surface area contributed by atoms with E-state index in [1.165, 1.54) is 38.0 Å². The van der Waals surface area contributed by atoms with E-state index in [0.717, 1.165) is 43.7 Å². The second-order valence-corrected chi connectivity index (χ2v) is 13.6. The van der Waals surface area contributed by atoms with E-state index in [9.17, 15) is 0 Å². The monoisotopic (exact) mass is 1000 g/mol. The Bertz CT molecular complexity index is 2700. The van der Waals surface area contributed by atoms with Crippen LogP contribution >= 0.6 is 0 Å². The maximum Gasteiger partial charge on any atom is 0.119 e. The third kappa shape index (κ3) is 25.5. The Morgan fingerprint density at radius 2 is 0.500 bits per heavy atom. The fraction of sp³-hybridized carbons (Fsp3) is 0. The molecule has 372 valence electrons.